The smallest absolute Gasteiger partial charge is 0.181 e. The molecule has 0 aromatic carbocycles. The summed E-state index contributed by atoms with van der Waals surface area (Å²) in [6, 6.07) is 0. The molecule has 3 atom stereocenters. The summed E-state index contributed by atoms with van der Waals surface area (Å²) in [4.78, 5) is 0. The van der Waals surface area contributed by atoms with Crippen LogP contribution < -0.4 is 5.73 Å². The maximum atomic E-state index is 5.95. The van der Waals surface area contributed by atoms with Gasteiger partial charge in [0.2, 0.25) is 0 Å². The van der Waals surface area contributed by atoms with Gasteiger partial charge in [0.25, 0.3) is 0 Å². The first-order valence-electron chi connectivity index (χ1n) is 12.1. The molecule has 0 bridgehead atoms. The topological polar surface area (TPSA) is 128 Å². The highest BCUT2D eigenvalue weighted by Crippen LogP contribution is 2.04. The van der Waals surface area contributed by atoms with Gasteiger partial charge in [0.1, 0.15) is 6.10 Å². The molecule has 0 saturated carbocycles. The van der Waals surface area contributed by atoms with Crippen molar-refractivity contribution in [2.75, 3.05) is 125 Å². The summed E-state index contributed by atoms with van der Waals surface area (Å²) in [5, 5.41) is 0. The molecule has 2 aliphatic heterocycles. The van der Waals surface area contributed by atoms with Crippen LogP contribution in [0.4, 0.5) is 0 Å². The molecule has 0 aliphatic carbocycles. The van der Waals surface area contributed by atoms with Gasteiger partial charge in [-0.25, -0.2) is 0 Å². The molecule has 2 fully saturated rings. The lowest BCUT2D eigenvalue weighted by Crippen LogP contribution is -2.35. The summed E-state index contributed by atoms with van der Waals surface area (Å²) in [7, 11) is 0. The van der Waals surface area contributed by atoms with Crippen LogP contribution in [0.2, 0.25) is 0 Å². The Hall–Kier alpha value is -0.480. The van der Waals surface area contributed by atoms with Gasteiger partial charge >= 0.3 is 0 Å². The fourth-order valence-electron chi connectivity index (χ4n) is 2.96. The number of hydrogen-bond acceptors (Lipinski definition) is 12. The molecule has 0 aromatic rings. The van der Waals surface area contributed by atoms with E-state index in [0.717, 1.165) is 0 Å². The van der Waals surface area contributed by atoms with E-state index in [1.807, 2.05) is 0 Å². The fraction of sp³-hybridized carbons (Fsp3) is 1.00. The third kappa shape index (κ3) is 16.2. The molecule has 2 aliphatic rings. The number of rotatable bonds is 4. The van der Waals surface area contributed by atoms with Gasteiger partial charge in [-0.2, -0.15) is 0 Å². The molecule has 3 unspecified atom stereocenters. The summed E-state index contributed by atoms with van der Waals surface area (Å²) < 4.78 is 62.2. The molecule has 0 amide bonds. The van der Waals surface area contributed by atoms with Crippen LogP contribution in [0.5, 0.6) is 0 Å². The van der Waals surface area contributed by atoms with Crippen LogP contribution in [0.1, 0.15) is 0 Å². The lowest BCUT2D eigenvalue weighted by molar-refractivity contribution is -0.201. The third-order valence-corrected chi connectivity index (χ3v) is 4.77. The van der Waals surface area contributed by atoms with Crippen molar-refractivity contribution >= 4 is 0 Å². The Labute approximate surface area is 202 Å². The minimum atomic E-state index is -0.594. The van der Waals surface area contributed by atoms with E-state index in [-0.39, 0.29) is 25.4 Å². The van der Waals surface area contributed by atoms with Crippen molar-refractivity contribution in [3.05, 3.63) is 0 Å². The Kier molecular flexibility index (Phi) is 19.1. The highest BCUT2D eigenvalue weighted by Gasteiger charge is 2.17. The van der Waals surface area contributed by atoms with Gasteiger partial charge in [0.05, 0.1) is 125 Å². The standard InChI is InChI=1S/C22H43NO11/c23-15-20-16-28-8-5-24-1-2-26-7-10-30-19-22(33-14-13-31-20)34-18-21-17-29-9-6-25-3-4-27-11-12-32-21/h20-22H,1-19,23H2. The van der Waals surface area contributed by atoms with Crippen molar-refractivity contribution in [2.24, 2.45) is 5.73 Å². The van der Waals surface area contributed by atoms with Crippen LogP contribution in [0, 0.1) is 0 Å². The SMILES string of the molecule is NCC1COCCOCCOCCOCC(OCC2COCCOCCOCCO2)OCCO1. The van der Waals surface area contributed by atoms with Crippen molar-refractivity contribution < 1.29 is 52.1 Å². The summed E-state index contributed by atoms with van der Waals surface area (Å²) in [6.07, 6.45) is -1.07. The number of nitrogens with two attached hydrogens (primary N) is 1. The quantitative estimate of drug-likeness (QED) is 0.523. The lowest BCUT2D eigenvalue weighted by atomic mass is 10.4. The molecule has 202 valence electrons. The summed E-state index contributed by atoms with van der Waals surface area (Å²) in [6.45, 7) is 8.16. The van der Waals surface area contributed by atoms with E-state index in [1.54, 1.807) is 0 Å². The van der Waals surface area contributed by atoms with Crippen molar-refractivity contribution in [3.8, 4) is 0 Å². The van der Waals surface area contributed by atoms with Gasteiger partial charge in [0.15, 0.2) is 6.29 Å². The first-order chi connectivity index (χ1) is 16.9. The number of ether oxygens (including phenoxy) is 11. The van der Waals surface area contributed by atoms with Crippen LogP contribution in [-0.4, -0.2) is 144 Å². The first-order valence-corrected chi connectivity index (χ1v) is 12.1. The van der Waals surface area contributed by atoms with Crippen LogP contribution in [0.3, 0.4) is 0 Å². The average Bonchev–Trinajstić information content (AvgIpc) is 2.84. The zero-order valence-corrected chi connectivity index (χ0v) is 20.2. The first kappa shape index (κ1) is 29.7. The normalized spacial score (nSPS) is 29.7. The fourth-order valence-corrected chi connectivity index (χ4v) is 2.96. The molecule has 0 radical (unpaired) electrons. The predicted octanol–water partition coefficient (Wildman–Crippen LogP) is -0.782. The van der Waals surface area contributed by atoms with Crippen LogP contribution in [0.15, 0.2) is 0 Å². The van der Waals surface area contributed by atoms with E-state index in [4.69, 9.17) is 57.8 Å². The van der Waals surface area contributed by atoms with Crippen LogP contribution in [-0.2, 0) is 52.1 Å². The van der Waals surface area contributed by atoms with Gasteiger partial charge < -0.3 is 57.8 Å². The van der Waals surface area contributed by atoms with Crippen molar-refractivity contribution in [1.82, 2.24) is 0 Å². The Morgan fingerprint density at radius 1 is 0.471 bits per heavy atom. The molecule has 12 nitrogen and oxygen atoms in total. The van der Waals surface area contributed by atoms with Gasteiger partial charge in [0, 0.05) is 6.54 Å². The minimum Gasteiger partial charge on any atom is -0.377 e. The highest BCUT2D eigenvalue weighted by molar-refractivity contribution is 4.59. The van der Waals surface area contributed by atoms with E-state index in [1.165, 1.54) is 0 Å². The second-order valence-corrected chi connectivity index (χ2v) is 7.53. The molecule has 12 heteroatoms. The maximum absolute atomic E-state index is 5.95. The Morgan fingerprint density at radius 3 is 1.47 bits per heavy atom. The average molecular weight is 498 g/mol. The Bertz CT molecular complexity index is 437. The summed E-state index contributed by atoms with van der Waals surface area (Å²) in [5.74, 6) is 0. The molecule has 2 heterocycles. The molecule has 34 heavy (non-hydrogen) atoms. The second kappa shape index (κ2) is 21.8. The largest absolute Gasteiger partial charge is 0.377 e. The molecule has 0 aromatic heterocycles. The monoisotopic (exact) mass is 497 g/mol. The van der Waals surface area contributed by atoms with E-state index in [2.05, 4.69) is 0 Å². The number of hydrogen-bond donors (Lipinski definition) is 1. The molecular weight excluding hydrogens is 454 g/mol. The Balaban J connectivity index is 1.77. The van der Waals surface area contributed by atoms with Gasteiger partial charge in [-0.1, -0.05) is 0 Å². The third-order valence-electron chi connectivity index (χ3n) is 4.77. The van der Waals surface area contributed by atoms with Crippen LogP contribution >= 0.6 is 0 Å². The zero-order chi connectivity index (χ0) is 23.9. The van der Waals surface area contributed by atoms with E-state index < -0.39 is 6.29 Å². The van der Waals surface area contributed by atoms with Gasteiger partial charge in [-0.15, -0.1) is 0 Å². The van der Waals surface area contributed by atoms with Crippen molar-refractivity contribution in [2.45, 2.75) is 18.5 Å². The molecular formula is C22H43NO11. The van der Waals surface area contributed by atoms with Crippen molar-refractivity contribution in [3.63, 3.8) is 0 Å². The van der Waals surface area contributed by atoms with Gasteiger partial charge in [-0.05, 0) is 0 Å². The molecule has 2 rings (SSSR count). The molecule has 0 spiro atoms. The summed E-state index contributed by atoms with van der Waals surface area (Å²) in [5.41, 5.74) is 5.76. The van der Waals surface area contributed by atoms with E-state index in [9.17, 15) is 0 Å². The van der Waals surface area contributed by atoms with Crippen molar-refractivity contribution in [1.29, 1.82) is 0 Å². The highest BCUT2D eigenvalue weighted by atomic mass is 16.7. The summed E-state index contributed by atoms with van der Waals surface area (Å²) >= 11 is 0. The second-order valence-electron chi connectivity index (χ2n) is 7.53. The molecule has 2 N–H and O–H groups in total. The predicted molar refractivity (Wildman–Crippen MR) is 120 cm³/mol. The maximum Gasteiger partial charge on any atom is 0.181 e. The van der Waals surface area contributed by atoms with E-state index in [0.29, 0.717) is 112 Å². The molecule has 2 saturated heterocycles. The van der Waals surface area contributed by atoms with E-state index >= 15 is 0 Å². The minimum absolute atomic E-state index is 0.214. The lowest BCUT2D eigenvalue weighted by Gasteiger charge is -2.24. The van der Waals surface area contributed by atoms with Crippen LogP contribution in [0.25, 0.3) is 0 Å². The zero-order valence-electron chi connectivity index (χ0n) is 20.2. The van der Waals surface area contributed by atoms with Gasteiger partial charge in [-0.3, -0.25) is 0 Å². The Morgan fingerprint density at radius 2 is 0.882 bits per heavy atom.